The first-order chi connectivity index (χ1) is 7.52. The first kappa shape index (κ1) is 13.5. The lowest BCUT2D eigenvalue weighted by atomic mass is 9.84. The van der Waals surface area contributed by atoms with Crippen LogP contribution in [0, 0.1) is 5.41 Å². The highest BCUT2D eigenvalue weighted by Crippen LogP contribution is 2.38. The van der Waals surface area contributed by atoms with Crippen LogP contribution in [0.5, 0.6) is 0 Å². The lowest BCUT2D eigenvalue weighted by Crippen LogP contribution is -2.45. The fraction of sp³-hybridized carbons (Fsp3) is 0.917. The van der Waals surface area contributed by atoms with Gasteiger partial charge in [-0.05, 0) is 26.2 Å². The van der Waals surface area contributed by atoms with E-state index in [2.05, 4.69) is 0 Å². The molecule has 16 heavy (non-hydrogen) atoms. The molecule has 0 saturated heterocycles. The lowest BCUT2D eigenvalue weighted by molar-refractivity contribution is -0.140. The van der Waals surface area contributed by atoms with Crippen molar-refractivity contribution in [2.24, 2.45) is 11.1 Å². The van der Waals surface area contributed by atoms with E-state index in [0.29, 0.717) is 19.5 Å². The summed E-state index contributed by atoms with van der Waals surface area (Å²) in [6.45, 7) is 2.80. The molecule has 1 aliphatic carbocycles. The highest BCUT2D eigenvalue weighted by molar-refractivity contribution is 5.83. The fourth-order valence-corrected chi connectivity index (χ4v) is 2.44. The summed E-state index contributed by atoms with van der Waals surface area (Å²) in [6, 6.07) is 0. The summed E-state index contributed by atoms with van der Waals surface area (Å²) in [5.41, 5.74) is 5.45. The van der Waals surface area contributed by atoms with Gasteiger partial charge in [0.25, 0.3) is 0 Å². The molecule has 1 atom stereocenters. The van der Waals surface area contributed by atoms with Crippen LogP contribution in [-0.4, -0.2) is 42.2 Å². The Kier molecular flexibility index (Phi) is 4.74. The van der Waals surface area contributed by atoms with E-state index in [1.54, 1.807) is 18.9 Å². The molecule has 0 bridgehead atoms. The SMILES string of the molecule is CC(O)CCN(C)C(=O)C1(CN)CCCC1. The van der Waals surface area contributed by atoms with E-state index in [-0.39, 0.29) is 17.4 Å². The lowest BCUT2D eigenvalue weighted by Gasteiger charge is -2.31. The monoisotopic (exact) mass is 228 g/mol. The minimum Gasteiger partial charge on any atom is -0.393 e. The van der Waals surface area contributed by atoms with E-state index >= 15 is 0 Å². The van der Waals surface area contributed by atoms with Gasteiger partial charge in [-0.2, -0.15) is 0 Å². The third-order valence-corrected chi connectivity index (χ3v) is 3.63. The van der Waals surface area contributed by atoms with Crippen LogP contribution in [0.2, 0.25) is 0 Å². The van der Waals surface area contributed by atoms with Gasteiger partial charge in [0, 0.05) is 20.1 Å². The fourth-order valence-electron chi connectivity index (χ4n) is 2.44. The van der Waals surface area contributed by atoms with Gasteiger partial charge in [-0.25, -0.2) is 0 Å². The molecular formula is C12H24N2O2. The Hall–Kier alpha value is -0.610. The topological polar surface area (TPSA) is 66.6 Å². The van der Waals surface area contributed by atoms with Crippen molar-refractivity contribution in [3.8, 4) is 0 Å². The summed E-state index contributed by atoms with van der Waals surface area (Å²) in [6.07, 6.45) is 4.32. The van der Waals surface area contributed by atoms with Crippen molar-refractivity contribution in [3.63, 3.8) is 0 Å². The smallest absolute Gasteiger partial charge is 0.229 e. The number of aliphatic hydroxyl groups excluding tert-OH is 1. The van der Waals surface area contributed by atoms with Gasteiger partial charge < -0.3 is 15.7 Å². The van der Waals surface area contributed by atoms with Gasteiger partial charge in [0.05, 0.1) is 11.5 Å². The van der Waals surface area contributed by atoms with Crippen molar-refractivity contribution in [2.45, 2.75) is 45.1 Å². The number of hydrogen-bond acceptors (Lipinski definition) is 3. The van der Waals surface area contributed by atoms with Crippen LogP contribution in [0.15, 0.2) is 0 Å². The number of nitrogens with zero attached hydrogens (tertiary/aromatic N) is 1. The van der Waals surface area contributed by atoms with Gasteiger partial charge in [0.15, 0.2) is 0 Å². The van der Waals surface area contributed by atoms with Crippen molar-refractivity contribution in [1.82, 2.24) is 4.90 Å². The Labute approximate surface area is 97.8 Å². The number of hydrogen-bond donors (Lipinski definition) is 2. The summed E-state index contributed by atoms with van der Waals surface area (Å²) < 4.78 is 0. The van der Waals surface area contributed by atoms with Crippen LogP contribution in [0.3, 0.4) is 0 Å². The van der Waals surface area contributed by atoms with Gasteiger partial charge in [0.2, 0.25) is 5.91 Å². The molecule has 4 nitrogen and oxygen atoms in total. The molecule has 0 aliphatic heterocycles. The average Bonchev–Trinajstić information content (AvgIpc) is 2.74. The van der Waals surface area contributed by atoms with Crippen LogP contribution < -0.4 is 5.73 Å². The summed E-state index contributed by atoms with van der Waals surface area (Å²) >= 11 is 0. The first-order valence-corrected chi connectivity index (χ1v) is 6.15. The third-order valence-electron chi connectivity index (χ3n) is 3.63. The highest BCUT2D eigenvalue weighted by Gasteiger charge is 2.41. The molecular weight excluding hydrogens is 204 g/mol. The maximum atomic E-state index is 12.3. The Morgan fingerprint density at radius 2 is 2.06 bits per heavy atom. The molecule has 4 heteroatoms. The zero-order valence-electron chi connectivity index (χ0n) is 10.4. The van der Waals surface area contributed by atoms with Crippen molar-refractivity contribution in [2.75, 3.05) is 20.1 Å². The summed E-state index contributed by atoms with van der Waals surface area (Å²) in [4.78, 5) is 14.0. The Balaban J connectivity index is 2.54. The second kappa shape index (κ2) is 5.64. The van der Waals surface area contributed by atoms with Crippen LogP contribution >= 0.6 is 0 Å². The minimum atomic E-state index is -0.354. The molecule has 3 N–H and O–H groups in total. The van der Waals surface area contributed by atoms with Gasteiger partial charge in [-0.3, -0.25) is 4.79 Å². The quantitative estimate of drug-likeness (QED) is 0.729. The number of rotatable bonds is 5. The molecule has 1 saturated carbocycles. The maximum absolute atomic E-state index is 12.3. The van der Waals surface area contributed by atoms with Crippen LogP contribution in [0.25, 0.3) is 0 Å². The van der Waals surface area contributed by atoms with Gasteiger partial charge in [0.1, 0.15) is 0 Å². The molecule has 0 aromatic rings. The van der Waals surface area contributed by atoms with E-state index in [9.17, 15) is 9.90 Å². The van der Waals surface area contributed by atoms with Crippen LogP contribution in [-0.2, 0) is 4.79 Å². The largest absolute Gasteiger partial charge is 0.393 e. The second-order valence-electron chi connectivity index (χ2n) is 5.06. The summed E-state index contributed by atoms with van der Waals surface area (Å²) in [5.74, 6) is 0.160. The Morgan fingerprint density at radius 3 is 2.50 bits per heavy atom. The molecule has 1 amide bonds. The van der Waals surface area contributed by atoms with E-state index in [4.69, 9.17) is 5.73 Å². The van der Waals surface area contributed by atoms with E-state index in [0.717, 1.165) is 25.7 Å². The summed E-state index contributed by atoms with van der Waals surface area (Å²) in [7, 11) is 1.81. The Bertz CT molecular complexity index is 235. The first-order valence-electron chi connectivity index (χ1n) is 6.15. The zero-order valence-corrected chi connectivity index (χ0v) is 10.4. The highest BCUT2D eigenvalue weighted by atomic mass is 16.3. The number of carbonyl (C=O) groups excluding carboxylic acids is 1. The average molecular weight is 228 g/mol. The maximum Gasteiger partial charge on any atom is 0.229 e. The molecule has 0 aromatic heterocycles. The molecule has 0 aromatic carbocycles. The van der Waals surface area contributed by atoms with Crippen LogP contribution in [0.4, 0.5) is 0 Å². The van der Waals surface area contributed by atoms with Crippen molar-refractivity contribution in [3.05, 3.63) is 0 Å². The number of aliphatic hydroxyl groups is 1. The van der Waals surface area contributed by atoms with Crippen LogP contribution in [0.1, 0.15) is 39.0 Å². The predicted molar refractivity (Wildman–Crippen MR) is 63.9 cm³/mol. The predicted octanol–water partition coefficient (Wildman–Crippen LogP) is 0.735. The summed E-state index contributed by atoms with van der Waals surface area (Å²) in [5, 5.41) is 9.21. The van der Waals surface area contributed by atoms with Crippen molar-refractivity contribution in [1.29, 1.82) is 0 Å². The van der Waals surface area contributed by atoms with Gasteiger partial charge in [-0.1, -0.05) is 12.8 Å². The molecule has 1 aliphatic rings. The van der Waals surface area contributed by atoms with Gasteiger partial charge in [-0.15, -0.1) is 0 Å². The normalized spacial score (nSPS) is 20.8. The number of amides is 1. The second-order valence-corrected chi connectivity index (χ2v) is 5.06. The molecule has 1 unspecified atom stereocenters. The molecule has 1 rings (SSSR count). The molecule has 1 fully saturated rings. The number of nitrogens with two attached hydrogens (primary N) is 1. The molecule has 0 spiro atoms. The minimum absolute atomic E-state index is 0.160. The molecule has 0 radical (unpaired) electrons. The van der Waals surface area contributed by atoms with E-state index in [1.807, 2.05) is 0 Å². The van der Waals surface area contributed by atoms with Crippen molar-refractivity contribution < 1.29 is 9.90 Å². The van der Waals surface area contributed by atoms with Gasteiger partial charge >= 0.3 is 0 Å². The molecule has 94 valence electrons. The van der Waals surface area contributed by atoms with E-state index < -0.39 is 0 Å². The Morgan fingerprint density at radius 1 is 1.50 bits per heavy atom. The standard InChI is InChI=1S/C12H24N2O2/c1-10(15)5-8-14(2)11(16)12(9-13)6-3-4-7-12/h10,15H,3-9,13H2,1-2H3. The zero-order chi connectivity index (χ0) is 12.2. The van der Waals surface area contributed by atoms with Crippen molar-refractivity contribution >= 4 is 5.91 Å². The van der Waals surface area contributed by atoms with E-state index in [1.165, 1.54) is 0 Å². The number of carbonyl (C=O) groups is 1. The third kappa shape index (κ3) is 2.95. The molecule has 0 heterocycles.